The van der Waals surface area contributed by atoms with Crippen LogP contribution in [-0.2, 0) is 27.1 Å². The van der Waals surface area contributed by atoms with E-state index < -0.39 is 10.1 Å². The van der Waals surface area contributed by atoms with Gasteiger partial charge in [-0.15, -0.1) is 0 Å². The first-order valence-corrected chi connectivity index (χ1v) is 12.4. The monoisotopic (exact) mass is 435 g/mol. The molecule has 0 saturated heterocycles. The van der Waals surface area contributed by atoms with Crippen molar-refractivity contribution in [2.75, 3.05) is 11.6 Å². The molecule has 29 heavy (non-hydrogen) atoms. The van der Waals surface area contributed by atoms with Crippen molar-refractivity contribution >= 4 is 27.5 Å². The van der Waals surface area contributed by atoms with Crippen molar-refractivity contribution in [2.45, 2.75) is 63.5 Å². The van der Waals surface area contributed by atoms with Crippen LogP contribution in [0.25, 0.3) is 11.4 Å². The fourth-order valence-electron chi connectivity index (χ4n) is 4.19. The number of aromatic nitrogens is 2. The van der Waals surface area contributed by atoms with Crippen molar-refractivity contribution in [2.24, 2.45) is 0 Å². The highest BCUT2D eigenvalue weighted by Gasteiger charge is 2.26. The fraction of sp³-hybridized carbons (Fsp3) is 0.524. The first kappa shape index (κ1) is 20.6. The van der Waals surface area contributed by atoms with Gasteiger partial charge in [0.1, 0.15) is 5.82 Å². The molecule has 0 bridgehead atoms. The summed E-state index contributed by atoms with van der Waals surface area (Å²) in [6.45, 7) is 0. The zero-order chi connectivity index (χ0) is 20.4. The maximum atomic E-state index is 11.4. The molecule has 0 amide bonds. The van der Waals surface area contributed by atoms with Crippen LogP contribution < -0.4 is 5.32 Å². The maximum absolute atomic E-state index is 11.4. The second-order valence-corrected chi connectivity index (χ2v) is 9.99. The number of benzene rings is 1. The van der Waals surface area contributed by atoms with Gasteiger partial charge in [0.15, 0.2) is 5.82 Å². The second-order valence-electron chi connectivity index (χ2n) is 7.95. The summed E-state index contributed by atoms with van der Waals surface area (Å²) in [6, 6.07) is 7.87. The Kier molecular flexibility index (Phi) is 6.08. The molecule has 0 unspecified atom stereocenters. The molecule has 2 aliphatic rings. The zero-order valence-electron chi connectivity index (χ0n) is 16.5. The number of fused-ring (bicyclic) bond motifs is 1. The van der Waals surface area contributed by atoms with Gasteiger partial charge in [-0.1, -0.05) is 11.6 Å². The summed E-state index contributed by atoms with van der Waals surface area (Å²) in [4.78, 5) is 9.70. The van der Waals surface area contributed by atoms with E-state index in [9.17, 15) is 8.42 Å². The Labute approximate surface area is 177 Å². The van der Waals surface area contributed by atoms with Crippen LogP contribution in [0.1, 0.15) is 49.8 Å². The fourth-order valence-corrected chi connectivity index (χ4v) is 5.00. The Balaban J connectivity index is 1.54. The SMILES string of the molecule is CS(=O)(=O)OC1CCC(Nc2nc(-c3ccc(Cl)cc3)nc3c2CCCC3)CC1. The zero-order valence-corrected chi connectivity index (χ0v) is 18.1. The molecule has 1 aromatic heterocycles. The van der Waals surface area contributed by atoms with Crippen LogP contribution >= 0.6 is 11.6 Å². The van der Waals surface area contributed by atoms with E-state index in [0.717, 1.165) is 80.5 Å². The molecule has 1 saturated carbocycles. The van der Waals surface area contributed by atoms with Crippen molar-refractivity contribution in [1.82, 2.24) is 9.97 Å². The minimum Gasteiger partial charge on any atom is -0.367 e. The van der Waals surface area contributed by atoms with E-state index in [4.69, 9.17) is 25.8 Å². The standard InChI is InChI=1S/C21H26ClN3O3S/c1-29(26,27)28-17-12-10-16(11-13-17)23-21-18-4-2-3-5-19(18)24-20(25-21)14-6-8-15(22)9-7-14/h6-9,16-17H,2-5,10-13H2,1H3,(H,23,24,25). The lowest BCUT2D eigenvalue weighted by molar-refractivity contribution is 0.158. The van der Waals surface area contributed by atoms with Gasteiger partial charge in [-0.25, -0.2) is 9.97 Å². The molecule has 6 nitrogen and oxygen atoms in total. The van der Waals surface area contributed by atoms with Gasteiger partial charge >= 0.3 is 0 Å². The molecule has 0 spiro atoms. The average Bonchev–Trinajstić information content (AvgIpc) is 2.69. The number of halogens is 1. The van der Waals surface area contributed by atoms with E-state index in [0.29, 0.717) is 5.02 Å². The lowest BCUT2D eigenvalue weighted by Gasteiger charge is -2.30. The van der Waals surface area contributed by atoms with E-state index in [1.165, 1.54) is 5.56 Å². The van der Waals surface area contributed by atoms with Crippen molar-refractivity contribution in [3.8, 4) is 11.4 Å². The van der Waals surface area contributed by atoms with Gasteiger partial charge in [0.05, 0.1) is 12.4 Å². The number of aryl methyl sites for hydroxylation is 1. The smallest absolute Gasteiger partial charge is 0.264 e. The Morgan fingerprint density at radius 3 is 2.41 bits per heavy atom. The van der Waals surface area contributed by atoms with Gasteiger partial charge in [0.2, 0.25) is 0 Å². The first-order valence-electron chi connectivity index (χ1n) is 10.2. The van der Waals surface area contributed by atoms with Crippen molar-refractivity contribution in [3.05, 3.63) is 40.5 Å². The molecule has 156 valence electrons. The molecule has 8 heteroatoms. The van der Waals surface area contributed by atoms with Gasteiger partial charge in [-0.2, -0.15) is 8.42 Å². The van der Waals surface area contributed by atoms with Gasteiger partial charge in [-0.3, -0.25) is 4.18 Å². The van der Waals surface area contributed by atoms with Crippen LogP contribution in [0.5, 0.6) is 0 Å². The molecule has 2 aromatic rings. The Morgan fingerprint density at radius 1 is 1.03 bits per heavy atom. The van der Waals surface area contributed by atoms with Crippen LogP contribution in [0.2, 0.25) is 5.02 Å². The molecule has 0 atom stereocenters. The minimum atomic E-state index is -3.40. The highest BCUT2D eigenvalue weighted by Crippen LogP contribution is 2.31. The third kappa shape index (κ3) is 5.27. The van der Waals surface area contributed by atoms with Crippen molar-refractivity contribution < 1.29 is 12.6 Å². The lowest BCUT2D eigenvalue weighted by Crippen LogP contribution is -2.31. The minimum absolute atomic E-state index is 0.216. The summed E-state index contributed by atoms with van der Waals surface area (Å²) in [5.41, 5.74) is 3.31. The molecule has 1 aromatic carbocycles. The molecule has 4 rings (SSSR count). The van der Waals surface area contributed by atoms with Crippen LogP contribution in [0.15, 0.2) is 24.3 Å². The summed E-state index contributed by atoms with van der Waals surface area (Å²) in [6.07, 6.45) is 8.33. The number of hydrogen-bond donors (Lipinski definition) is 1. The molecule has 1 N–H and O–H groups in total. The Bertz CT molecular complexity index is 971. The largest absolute Gasteiger partial charge is 0.367 e. The molecule has 0 aliphatic heterocycles. The predicted octanol–water partition coefficient (Wildman–Crippen LogP) is 4.38. The van der Waals surface area contributed by atoms with Gasteiger partial charge in [0, 0.05) is 27.9 Å². The number of nitrogens with one attached hydrogen (secondary N) is 1. The summed E-state index contributed by atoms with van der Waals surface area (Å²) in [5.74, 6) is 1.64. The third-order valence-corrected chi connectivity index (χ3v) is 6.49. The molecular formula is C21H26ClN3O3S. The van der Waals surface area contributed by atoms with Crippen molar-refractivity contribution in [3.63, 3.8) is 0 Å². The highest BCUT2D eigenvalue weighted by molar-refractivity contribution is 7.86. The summed E-state index contributed by atoms with van der Waals surface area (Å²) in [7, 11) is -3.40. The third-order valence-electron chi connectivity index (χ3n) is 5.61. The maximum Gasteiger partial charge on any atom is 0.264 e. The van der Waals surface area contributed by atoms with E-state index >= 15 is 0 Å². The second kappa shape index (κ2) is 8.58. The summed E-state index contributed by atoms with van der Waals surface area (Å²) in [5, 5.41) is 4.32. The topological polar surface area (TPSA) is 81.2 Å². The summed E-state index contributed by atoms with van der Waals surface area (Å²) < 4.78 is 27.9. The van der Waals surface area contributed by atoms with E-state index in [-0.39, 0.29) is 12.1 Å². The normalized spacial score (nSPS) is 22.1. The van der Waals surface area contributed by atoms with E-state index in [2.05, 4.69) is 5.32 Å². The lowest BCUT2D eigenvalue weighted by atomic mass is 9.92. The quantitative estimate of drug-likeness (QED) is 0.702. The van der Waals surface area contributed by atoms with E-state index in [1.54, 1.807) is 0 Å². The summed E-state index contributed by atoms with van der Waals surface area (Å²) >= 11 is 6.03. The van der Waals surface area contributed by atoms with E-state index in [1.807, 2.05) is 24.3 Å². The number of anilines is 1. The van der Waals surface area contributed by atoms with Crippen LogP contribution in [0.3, 0.4) is 0 Å². The molecule has 2 aliphatic carbocycles. The number of rotatable bonds is 5. The Morgan fingerprint density at radius 2 is 1.72 bits per heavy atom. The van der Waals surface area contributed by atoms with Crippen LogP contribution in [-0.4, -0.2) is 36.8 Å². The number of hydrogen-bond acceptors (Lipinski definition) is 6. The Hall–Kier alpha value is -1.70. The number of nitrogens with zero attached hydrogens (tertiary/aromatic N) is 2. The highest BCUT2D eigenvalue weighted by atomic mass is 35.5. The van der Waals surface area contributed by atoms with Crippen molar-refractivity contribution in [1.29, 1.82) is 0 Å². The predicted molar refractivity (Wildman–Crippen MR) is 115 cm³/mol. The van der Waals surface area contributed by atoms with Crippen LogP contribution in [0.4, 0.5) is 5.82 Å². The molecule has 1 heterocycles. The van der Waals surface area contributed by atoms with Gasteiger partial charge in [-0.05, 0) is 75.6 Å². The molecule has 0 radical (unpaired) electrons. The molecule has 1 fully saturated rings. The van der Waals surface area contributed by atoms with Crippen LogP contribution in [0, 0.1) is 0 Å². The van der Waals surface area contributed by atoms with Gasteiger partial charge in [0.25, 0.3) is 10.1 Å². The van der Waals surface area contributed by atoms with Gasteiger partial charge < -0.3 is 5.32 Å². The first-order chi connectivity index (χ1) is 13.9. The molecular weight excluding hydrogens is 410 g/mol. The average molecular weight is 436 g/mol.